The van der Waals surface area contributed by atoms with Gasteiger partial charge >= 0.3 is 29.6 Å². The summed E-state index contributed by atoms with van der Waals surface area (Å²) in [5.41, 5.74) is 0. The molecule has 0 heterocycles. The average molecular weight is 110 g/mol. The maximum atomic E-state index is 9.62. The van der Waals surface area contributed by atoms with Gasteiger partial charge in [0.05, 0.1) is 0 Å². The van der Waals surface area contributed by atoms with E-state index in [0.717, 1.165) is 6.29 Å². The van der Waals surface area contributed by atoms with Gasteiger partial charge in [0.2, 0.25) is 0 Å². The zero-order valence-corrected chi connectivity index (χ0v) is 7.27. The number of hydrogen-bond donors (Lipinski definition) is 0. The topological polar surface area (TPSA) is 17.1 Å². The molecule has 1 nitrogen and oxygen atoms in total. The molecule has 0 radical (unpaired) electrons. The number of carbonyl (C=O) groups is 1. The Morgan fingerprint density at radius 1 is 1.71 bits per heavy atom. The molecule has 0 rings (SSSR count). The summed E-state index contributed by atoms with van der Waals surface area (Å²) in [6, 6.07) is 0. The van der Waals surface area contributed by atoms with Crippen molar-refractivity contribution in [3.63, 3.8) is 0 Å². The molecule has 0 amide bonds. The van der Waals surface area contributed by atoms with Gasteiger partial charge < -0.3 is 6.22 Å². The Labute approximate surface area is 68.3 Å². The summed E-state index contributed by atoms with van der Waals surface area (Å²) in [5, 5.41) is 0. The molecule has 0 saturated heterocycles. The summed E-state index contributed by atoms with van der Waals surface area (Å²) >= 11 is 0. The molecular formula is C5H11NaO. The van der Waals surface area contributed by atoms with E-state index in [1.165, 1.54) is 0 Å². The fourth-order valence-electron chi connectivity index (χ4n) is 0.192. The minimum atomic E-state index is 0. The molecule has 0 spiro atoms. The van der Waals surface area contributed by atoms with Crippen LogP contribution in [-0.4, -0.2) is 6.29 Å². The third kappa shape index (κ3) is 10.8. The first-order chi connectivity index (χ1) is 2.77. The molecule has 0 aromatic heterocycles. The normalized spacial score (nSPS) is 7.86. The van der Waals surface area contributed by atoms with Crippen molar-refractivity contribution in [2.24, 2.45) is 5.92 Å². The molecule has 38 valence electrons. The van der Waals surface area contributed by atoms with Gasteiger partial charge in [-0.15, -0.1) is 0 Å². The van der Waals surface area contributed by atoms with Gasteiger partial charge in [-0.25, -0.2) is 0 Å². The Kier molecular flexibility index (Phi) is 10.1. The predicted octanol–water partition coefficient (Wildman–Crippen LogP) is -1.65. The van der Waals surface area contributed by atoms with Gasteiger partial charge in [0.15, 0.2) is 0 Å². The fraction of sp³-hybridized carbons (Fsp3) is 0.800. The van der Waals surface area contributed by atoms with Crippen LogP contribution in [-0.2, 0) is 4.79 Å². The molecular weight excluding hydrogens is 99.0 g/mol. The number of aldehydes is 1. The van der Waals surface area contributed by atoms with Gasteiger partial charge in [-0.2, -0.15) is 0 Å². The van der Waals surface area contributed by atoms with Gasteiger partial charge in [0, 0.05) is 6.42 Å². The van der Waals surface area contributed by atoms with E-state index in [-0.39, 0.29) is 31.0 Å². The van der Waals surface area contributed by atoms with Crippen LogP contribution in [0.5, 0.6) is 0 Å². The molecule has 0 aromatic rings. The third-order valence-electron chi connectivity index (χ3n) is 0.568. The Balaban J connectivity index is -0.000000125. The van der Waals surface area contributed by atoms with E-state index in [2.05, 4.69) is 0 Å². The molecule has 0 saturated carbocycles. The summed E-state index contributed by atoms with van der Waals surface area (Å²) < 4.78 is 0. The molecule has 0 aliphatic carbocycles. The molecule has 0 N–H and O–H groups in total. The molecule has 0 bridgehead atoms. The smallest absolute Gasteiger partial charge is 1.00 e. The standard InChI is InChI=1S/C5H10O.Na.H/c1-5(2)3-4-6;;/h4-5H,3H2,1-2H3;;/q;+1;-1. The molecule has 0 fully saturated rings. The molecule has 0 aliphatic heterocycles. The second-order valence-electron chi connectivity index (χ2n) is 1.80. The minimum absolute atomic E-state index is 0. The van der Waals surface area contributed by atoms with E-state index in [0.29, 0.717) is 12.3 Å². The Bertz CT molecular complexity index is 47.7. The van der Waals surface area contributed by atoms with Crippen LogP contribution in [0.1, 0.15) is 21.7 Å². The van der Waals surface area contributed by atoms with Crippen molar-refractivity contribution in [2.75, 3.05) is 0 Å². The van der Waals surface area contributed by atoms with Crippen LogP contribution in [0.2, 0.25) is 0 Å². The van der Waals surface area contributed by atoms with E-state index in [1.54, 1.807) is 0 Å². The van der Waals surface area contributed by atoms with Crippen molar-refractivity contribution >= 4 is 6.29 Å². The summed E-state index contributed by atoms with van der Waals surface area (Å²) in [6.07, 6.45) is 1.64. The van der Waals surface area contributed by atoms with Gasteiger partial charge in [-0.3, -0.25) is 0 Å². The van der Waals surface area contributed by atoms with E-state index in [4.69, 9.17) is 0 Å². The van der Waals surface area contributed by atoms with Crippen molar-refractivity contribution in [1.82, 2.24) is 0 Å². The summed E-state index contributed by atoms with van der Waals surface area (Å²) in [7, 11) is 0. The van der Waals surface area contributed by atoms with E-state index >= 15 is 0 Å². The molecule has 2 heteroatoms. The molecule has 0 atom stereocenters. The van der Waals surface area contributed by atoms with Crippen LogP contribution in [0.25, 0.3) is 0 Å². The molecule has 0 aromatic carbocycles. The van der Waals surface area contributed by atoms with Crippen molar-refractivity contribution in [1.29, 1.82) is 0 Å². The maximum absolute atomic E-state index is 9.62. The second-order valence-corrected chi connectivity index (χ2v) is 1.80. The predicted molar refractivity (Wildman–Crippen MR) is 26.6 cm³/mol. The van der Waals surface area contributed by atoms with Crippen LogP contribution < -0.4 is 29.6 Å². The minimum Gasteiger partial charge on any atom is -1.00 e. The Morgan fingerprint density at radius 3 is 2.14 bits per heavy atom. The zero-order chi connectivity index (χ0) is 4.99. The van der Waals surface area contributed by atoms with Crippen molar-refractivity contribution in [3.05, 3.63) is 0 Å². The van der Waals surface area contributed by atoms with Crippen LogP contribution in [0, 0.1) is 5.92 Å². The monoisotopic (exact) mass is 110 g/mol. The van der Waals surface area contributed by atoms with Crippen LogP contribution in [0.15, 0.2) is 0 Å². The molecule has 7 heavy (non-hydrogen) atoms. The summed E-state index contributed by atoms with van der Waals surface area (Å²) in [6.45, 7) is 4.04. The number of rotatable bonds is 2. The van der Waals surface area contributed by atoms with Gasteiger partial charge in [0.1, 0.15) is 6.29 Å². The molecule has 0 aliphatic rings. The zero-order valence-electron chi connectivity index (χ0n) is 6.27. The van der Waals surface area contributed by atoms with Crippen molar-refractivity contribution in [2.45, 2.75) is 20.3 Å². The second kappa shape index (κ2) is 6.67. The fourth-order valence-corrected chi connectivity index (χ4v) is 0.192. The quantitative estimate of drug-likeness (QED) is 0.307. The first-order valence-electron chi connectivity index (χ1n) is 2.21. The summed E-state index contributed by atoms with van der Waals surface area (Å²) in [5.74, 6) is 0.530. The first-order valence-corrected chi connectivity index (χ1v) is 2.21. The van der Waals surface area contributed by atoms with E-state index in [9.17, 15) is 4.79 Å². The van der Waals surface area contributed by atoms with Crippen LogP contribution in [0.4, 0.5) is 0 Å². The van der Waals surface area contributed by atoms with Crippen molar-refractivity contribution < 1.29 is 35.8 Å². The Hall–Kier alpha value is 0.670. The third-order valence-corrected chi connectivity index (χ3v) is 0.568. The van der Waals surface area contributed by atoms with E-state index < -0.39 is 0 Å². The summed E-state index contributed by atoms with van der Waals surface area (Å²) in [4.78, 5) is 9.62. The van der Waals surface area contributed by atoms with Gasteiger partial charge in [-0.05, 0) is 5.92 Å². The first kappa shape index (κ1) is 10.6. The maximum Gasteiger partial charge on any atom is 1.00 e. The van der Waals surface area contributed by atoms with Crippen LogP contribution in [0.3, 0.4) is 0 Å². The van der Waals surface area contributed by atoms with Gasteiger partial charge in [-0.1, -0.05) is 13.8 Å². The number of carbonyl (C=O) groups excluding carboxylic acids is 1. The van der Waals surface area contributed by atoms with E-state index in [1.807, 2.05) is 13.8 Å². The van der Waals surface area contributed by atoms with Crippen LogP contribution >= 0.6 is 0 Å². The Morgan fingerprint density at radius 2 is 2.14 bits per heavy atom. The van der Waals surface area contributed by atoms with Crippen molar-refractivity contribution in [3.8, 4) is 0 Å². The number of hydrogen-bond acceptors (Lipinski definition) is 1. The largest absolute Gasteiger partial charge is 1.00 e. The van der Waals surface area contributed by atoms with Gasteiger partial charge in [0.25, 0.3) is 0 Å². The molecule has 0 unspecified atom stereocenters. The average Bonchev–Trinajstić information content (AvgIpc) is 1.35. The SMILES string of the molecule is CC(C)CC=O.[H-].[Na+].